The molecule has 1 aliphatic rings. The molecule has 0 heterocycles. The lowest BCUT2D eigenvalue weighted by atomic mass is 10.1. The lowest BCUT2D eigenvalue weighted by Gasteiger charge is -2.16. The van der Waals surface area contributed by atoms with Crippen molar-refractivity contribution in [3.05, 3.63) is 29.8 Å². The Morgan fingerprint density at radius 2 is 1.74 bits per heavy atom. The van der Waals surface area contributed by atoms with E-state index in [2.05, 4.69) is 11.8 Å². The minimum atomic E-state index is 0.399. The second-order valence-corrected chi connectivity index (χ2v) is 5.37. The van der Waals surface area contributed by atoms with Crippen molar-refractivity contribution in [3.63, 3.8) is 0 Å². The van der Waals surface area contributed by atoms with Gasteiger partial charge in [-0.25, -0.2) is 0 Å². The summed E-state index contributed by atoms with van der Waals surface area (Å²) in [6.45, 7) is 0. The molecular formula is C17H21ClO. The SMILES string of the molecule is ClCCC#Cc1ccc(OC2CCCCCC2)cc1. The van der Waals surface area contributed by atoms with Gasteiger partial charge in [-0.1, -0.05) is 24.7 Å². The zero-order valence-corrected chi connectivity index (χ0v) is 12.1. The average molecular weight is 277 g/mol. The van der Waals surface area contributed by atoms with Crippen LogP contribution in [-0.2, 0) is 0 Å². The van der Waals surface area contributed by atoms with E-state index in [1.165, 1.54) is 38.5 Å². The van der Waals surface area contributed by atoms with Crippen molar-refractivity contribution in [2.75, 3.05) is 5.88 Å². The van der Waals surface area contributed by atoms with E-state index in [4.69, 9.17) is 16.3 Å². The van der Waals surface area contributed by atoms with Crippen molar-refractivity contribution < 1.29 is 4.74 Å². The smallest absolute Gasteiger partial charge is 0.119 e. The van der Waals surface area contributed by atoms with Crippen molar-refractivity contribution >= 4 is 11.6 Å². The maximum Gasteiger partial charge on any atom is 0.119 e. The van der Waals surface area contributed by atoms with Gasteiger partial charge in [-0.2, -0.15) is 0 Å². The first-order valence-corrected chi connectivity index (χ1v) is 7.73. The fourth-order valence-electron chi connectivity index (χ4n) is 2.38. The summed E-state index contributed by atoms with van der Waals surface area (Å²) in [5.41, 5.74) is 1.03. The van der Waals surface area contributed by atoms with Gasteiger partial charge in [0.1, 0.15) is 5.75 Å². The Hall–Kier alpha value is -1.13. The minimum absolute atomic E-state index is 0.399. The molecule has 102 valence electrons. The quantitative estimate of drug-likeness (QED) is 0.439. The minimum Gasteiger partial charge on any atom is -0.490 e. The van der Waals surface area contributed by atoms with E-state index < -0.39 is 0 Å². The normalized spacial score (nSPS) is 16.3. The maximum atomic E-state index is 6.05. The van der Waals surface area contributed by atoms with Crippen LogP contribution in [0.3, 0.4) is 0 Å². The van der Waals surface area contributed by atoms with Crippen LogP contribution in [0.25, 0.3) is 0 Å². The van der Waals surface area contributed by atoms with Crippen LogP contribution in [0.15, 0.2) is 24.3 Å². The molecule has 0 amide bonds. The van der Waals surface area contributed by atoms with E-state index in [1.807, 2.05) is 24.3 Å². The summed E-state index contributed by atoms with van der Waals surface area (Å²) in [6.07, 6.45) is 8.83. The standard InChI is InChI=1S/C17H21ClO/c18-14-6-5-7-15-10-12-17(13-11-15)19-16-8-3-1-2-4-9-16/h10-13,16H,1-4,6,8-9,14H2. The van der Waals surface area contributed by atoms with E-state index in [-0.39, 0.29) is 0 Å². The highest BCUT2D eigenvalue weighted by Gasteiger charge is 2.13. The van der Waals surface area contributed by atoms with Crippen molar-refractivity contribution in [2.24, 2.45) is 0 Å². The molecule has 0 aliphatic heterocycles. The third-order valence-corrected chi connectivity index (χ3v) is 3.60. The zero-order valence-electron chi connectivity index (χ0n) is 11.3. The number of benzene rings is 1. The van der Waals surface area contributed by atoms with Crippen LogP contribution in [0.1, 0.15) is 50.5 Å². The van der Waals surface area contributed by atoms with Crippen LogP contribution in [-0.4, -0.2) is 12.0 Å². The molecular weight excluding hydrogens is 256 g/mol. The Morgan fingerprint density at radius 1 is 1.05 bits per heavy atom. The molecule has 0 radical (unpaired) electrons. The van der Waals surface area contributed by atoms with Gasteiger partial charge < -0.3 is 4.74 Å². The Morgan fingerprint density at radius 3 is 2.37 bits per heavy atom. The number of alkyl halides is 1. The van der Waals surface area contributed by atoms with Gasteiger partial charge in [0.25, 0.3) is 0 Å². The molecule has 1 saturated carbocycles. The van der Waals surface area contributed by atoms with Crippen LogP contribution in [0.4, 0.5) is 0 Å². The lowest BCUT2D eigenvalue weighted by Crippen LogP contribution is -2.14. The largest absolute Gasteiger partial charge is 0.490 e. The molecule has 0 bridgehead atoms. The third-order valence-electron chi connectivity index (χ3n) is 3.41. The van der Waals surface area contributed by atoms with Gasteiger partial charge in [-0.15, -0.1) is 11.6 Å². The van der Waals surface area contributed by atoms with Gasteiger partial charge in [0.2, 0.25) is 0 Å². The molecule has 0 aromatic heterocycles. The summed E-state index contributed by atoms with van der Waals surface area (Å²) >= 11 is 5.59. The first-order valence-electron chi connectivity index (χ1n) is 7.20. The van der Waals surface area contributed by atoms with Crippen LogP contribution in [0.2, 0.25) is 0 Å². The van der Waals surface area contributed by atoms with E-state index in [0.29, 0.717) is 12.0 Å². The van der Waals surface area contributed by atoms with Gasteiger partial charge >= 0.3 is 0 Å². The number of rotatable bonds is 3. The Balaban J connectivity index is 1.89. The van der Waals surface area contributed by atoms with Crippen molar-refractivity contribution in [3.8, 4) is 17.6 Å². The number of halogens is 1. The molecule has 0 saturated heterocycles. The molecule has 2 heteroatoms. The highest BCUT2D eigenvalue weighted by molar-refractivity contribution is 6.18. The summed E-state index contributed by atoms with van der Waals surface area (Å²) in [5, 5.41) is 0. The number of ether oxygens (including phenoxy) is 1. The fourth-order valence-corrected chi connectivity index (χ4v) is 2.48. The fraction of sp³-hybridized carbons (Fsp3) is 0.529. The summed E-state index contributed by atoms with van der Waals surface area (Å²) in [7, 11) is 0. The van der Waals surface area contributed by atoms with Crippen LogP contribution in [0.5, 0.6) is 5.75 Å². The van der Waals surface area contributed by atoms with Gasteiger partial charge in [-0.05, 0) is 49.9 Å². The summed E-state index contributed by atoms with van der Waals surface area (Å²) in [6, 6.07) is 8.09. The Kier molecular flexibility index (Phi) is 6.11. The number of hydrogen-bond acceptors (Lipinski definition) is 1. The van der Waals surface area contributed by atoms with Gasteiger partial charge in [0.05, 0.1) is 6.10 Å². The zero-order chi connectivity index (χ0) is 13.3. The summed E-state index contributed by atoms with van der Waals surface area (Å²) in [5.74, 6) is 7.69. The average Bonchev–Trinajstić information content (AvgIpc) is 2.70. The number of hydrogen-bond donors (Lipinski definition) is 0. The van der Waals surface area contributed by atoms with Gasteiger partial charge in [0, 0.05) is 17.9 Å². The molecule has 0 spiro atoms. The predicted molar refractivity (Wildman–Crippen MR) is 80.8 cm³/mol. The second kappa shape index (κ2) is 8.12. The topological polar surface area (TPSA) is 9.23 Å². The second-order valence-electron chi connectivity index (χ2n) is 5.00. The summed E-state index contributed by atoms with van der Waals surface area (Å²) < 4.78 is 6.05. The molecule has 1 fully saturated rings. The molecule has 0 N–H and O–H groups in total. The molecule has 1 aliphatic carbocycles. The van der Waals surface area contributed by atoms with Crippen molar-refractivity contribution in [1.82, 2.24) is 0 Å². The molecule has 19 heavy (non-hydrogen) atoms. The summed E-state index contributed by atoms with van der Waals surface area (Å²) in [4.78, 5) is 0. The first kappa shape index (κ1) is 14.3. The van der Waals surface area contributed by atoms with Gasteiger partial charge in [0.15, 0.2) is 0 Å². The van der Waals surface area contributed by atoms with E-state index in [9.17, 15) is 0 Å². The predicted octanol–water partition coefficient (Wildman–Crippen LogP) is 4.77. The molecule has 1 nitrogen and oxygen atoms in total. The highest BCUT2D eigenvalue weighted by atomic mass is 35.5. The van der Waals surface area contributed by atoms with Crippen molar-refractivity contribution in [1.29, 1.82) is 0 Å². The monoisotopic (exact) mass is 276 g/mol. The van der Waals surface area contributed by atoms with Crippen LogP contribution in [0, 0.1) is 11.8 Å². The molecule has 1 aromatic rings. The van der Waals surface area contributed by atoms with Crippen LogP contribution >= 0.6 is 11.6 Å². The maximum absolute atomic E-state index is 6.05. The van der Waals surface area contributed by atoms with E-state index >= 15 is 0 Å². The first-order chi connectivity index (χ1) is 9.38. The molecule has 2 rings (SSSR count). The van der Waals surface area contributed by atoms with Crippen LogP contribution < -0.4 is 4.74 Å². The molecule has 1 aromatic carbocycles. The van der Waals surface area contributed by atoms with Crippen molar-refractivity contribution in [2.45, 2.75) is 51.0 Å². The highest BCUT2D eigenvalue weighted by Crippen LogP contribution is 2.22. The Labute approximate surface area is 121 Å². The molecule has 0 atom stereocenters. The van der Waals surface area contributed by atoms with Gasteiger partial charge in [-0.3, -0.25) is 0 Å². The van der Waals surface area contributed by atoms with E-state index in [0.717, 1.165) is 17.7 Å². The molecule has 0 unspecified atom stereocenters. The lowest BCUT2D eigenvalue weighted by molar-refractivity contribution is 0.184. The Bertz CT molecular complexity index is 419. The third kappa shape index (κ3) is 5.17. The van der Waals surface area contributed by atoms with E-state index in [1.54, 1.807) is 0 Å².